The fraction of sp³-hybridized carbons (Fsp3) is 0.200. The SMILES string of the molecule is O=C/C(C=NCCN=C/C(C=O)=C/O)=C\O. The third-order valence-electron chi connectivity index (χ3n) is 1.41. The van der Waals surface area contributed by atoms with Gasteiger partial charge in [-0.25, -0.2) is 0 Å². The predicted octanol–water partition coefficient (Wildman–Crippen LogP) is 0.410. The van der Waals surface area contributed by atoms with E-state index < -0.39 is 0 Å². The monoisotopic (exact) mass is 224 g/mol. The van der Waals surface area contributed by atoms with E-state index in [2.05, 4.69) is 9.98 Å². The molecule has 0 amide bonds. The van der Waals surface area contributed by atoms with Crippen molar-refractivity contribution in [2.45, 2.75) is 0 Å². The zero-order valence-corrected chi connectivity index (χ0v) is 8.48. The third-order valence-corrected chi connectivity index (χ3v) is 1.41. The molecule has 0 bridgehead atoms. The summed E-state index contributed by atoms with van der Waals surface area (Å²) in [6, 6.07) is 0. The van der Waals surface area contributed by atoms with Crippen LogP contribution in [0.3, 0.4) is 0 Å². The van der Waals surface area contributed by atoms with E-state index in [1.54, 1.807) is 0 Å². The standard InChI is InChI=1S/C10H12N2O4/c13-5-9(6-14)3-11-1-2-12-4-10(7-15)8-16/h3-8,13,15H,1-2H2/b9-5-,10-7-,11-3?,12-4?. The van der Waals surface area contributed by atoms with Crippen LogP contribution in [0.2, 0.25) is 0 Å². The number of nitrogens with zero attached hydrogens (tertiary/aromatic N) is 2. The predicted molar refractivity (Wildman–Crippen MR) is 60.3 cm³/mol. The minimum Gasteiger partial charge on any atom is -0.515 e. The van der Waals surface area contributed by atoms with Crippen molar-refractivity contribution in [3.8, 4) is 0 Å². The number of hydrogen-bond acceptors (Lipinski definition) is 6. The number of hydrogen-bond donors (Lipinski definition) is 2. The zero-order chi connectivity index (χ0) is 12.2. The summed E-state index contributed by atoms with van der Waals surface area (Å²) < 4.78 is 0. The maximum Gasteiger partial charge on any atom is 0.154 e. The van der Waals surface area contributed by atoms with Gasteiger partial charge in [-0.3, -0.25) is 19.6 Å². The summed E-state index contributed by atoms with van der Waals surface area (Å²) >= 11 is 0. The molecule has 0 aliphatic heterocycles. The first-order valence-corrected chi connectivity index (χ1v) is 4.37. The van der Waals surface area contributed by atoms with E-state index in [0.717, 1.165) is 0 Å². The molecular weight excluding hydrogens is 212 g/mol. The van der Waals surface area contributed by atoms with Gasteiger partial charge in [0.15, 0.2) is 12.6 Å². The van der Waals surface area contributed by atoms with E-state index >= 15 is 0 Å². The van der Waals surface area contributed by atoms with E-state index in [1.807, 2.05) is 0 Å². The van der Waals surface area contributed by atoms with Crippen LogP contribution < -0.4 is 0 Å². The highest BCUT2D eigenvalue weighted by Gasteiger charge is 1.88. The van der Waals surface area contributed by atoms with E-state index in [9.17, 15) is 9.59 Å². The number of allylic oxidation sites excluding steroid dienone is 2. The second kappa shape index (κ2) is 9.32. The van der Waals surface area contributed by atoms with Crippen LogP contribution in [0.1, 0.15) is 0 Å². The van der Waals surface area contributed by atoms with Crippen LogP contribution in [0.5, 0.6) is 0 Å². The van der Waals surface area contributed by atoms with E-state index in [-0.39, 0.29) is 11.1 Å². The molecule has 0 aliphatic carbocycles. The lowest BCUT2D eigenvalue weighted by Gasteiger charge is -1.89. The fourth-order valence-corrected chi connectivity index (χ4v) is 0.644. The Morgan fingerprint density at radius 3 is 1.50 bits per heavy atom. The Morgan fingerprint density at radius 1 is 0.875 bits per heavy atom. The van der Waals surface area contributed by atoms with E-state index in [4.69, 9.17) is 10.2 Å². The molecule has 0 rings (SSSR count). The summed E-state index contributed by atoms with van der Waals surface area (Å²) in [4.78, 5) is 28.0. The van der Waals surface area contributed by atoms with Gasteiger partial charge < -0.3 is 10.2 Å². The summed E-state index contributed by atoms with van der Waals surface area (Å²) in [7, 11) is 0. The maximum atomic E-state index is 10.2. The first-order valence-electron chi connectivity index (χ1n) is 4.37. The number of aliphatic hydroxyl groups is 2. The molecule has 0 unspecified atom stereocenters. The lowest BCUT2D eigenvalue weighted by Crippen LogP contribution is -1.93. The summed E-state index contributed by atoms with van der Waals surface area (Å²) in [6.07, 6.45) is 4.66. The molecular formula is C10H12N2O4. The van der Waals surface area contributed by atoms with Crippen molar-refractivity contribution in [2.75, 3.05) is 13.1 Å². The molecule has 0 aliphatic rings. The normalized spacial score (nSPS) is 13.5. The molecule has 0 saturated carbocycles. The second-order valence-corrected chi connectivity index (χ2v) is 2.56. The van der Waals surface area contributed by atoms with Crippen LogP contribution in [-0.4, -0.2) is 48.3 Å². The van der Waals surface area contributed by atoms with Crippen molar-refractivity contribution < 1.29 is 19.8 Å². The summed E-state index contributed by atoms with van der Waals surface area (Å²) in [6.45, 7) is 0.610. The van der Waals surface area contributed by atoms with Crippen molar-refractivity contribution >= 4 is 25.0 Å². The Hall–Kier alpha value is -2.24. The number of aliphatic hydroxyl groups excluding tert-OH is 2. The van der Waals surface area contributed by atoms with Crippen molar-refractivity contribution in [3.05, 3.63) is 23.7 Å². The molecule has 0 atom stereocenters. The van der Waals surface area contributed by atoms with Crippen LogP contribution in [0.15, 0.2) is 33.7 Å². The molecule has 0 radical (unpaired) electrons. The van der Waals surface area contributed by atoms with Crippen LogP contribution in [0, 0.1) is 0 Å². The first-order chi connectivity index (χ1) is 7.78. The van der Waals surface area contributed by atoms with Gasteiger partial charge in [0.2, 0.25) is 0 Å². The molecule has 6 nitrogen and oxygen atoms in total. The van der Waals surface area contributed by atoms with Gasteiger partial charge in [0, 0.05) is 12.4 Å². The van der Waals surface area contributed by atoms with Gasteiger partial charge in [-0.2, -0.15) is 0 Å². The molecule has 16 heavy (non-hydrogen) atoms. The largest absolute Gasteiger partial charge is 0.515 e. The van der Waals surface area contributed by atoms with Gasteiger partial charge in [0.1, 0.15) is 0 Å². The zero-order valence-electron chi connectivity index (χ0n) is 8.48. The van der Waals surface area contributed by atoms with Crippen LogP contribution >= 0.6 is 0 Å². The molecule has 86 valence electrons. The summed E-state index contributed by atoms with van der Waals surface area (Å²) in [5, 5.41) is 17.0. The number of carbonyl (C=O) groups is 2. The van der Waals surface area contributed by atoms with Gasteiger partial charge in [-0.15, -0.1) is 0 Å². The quantitative estimate of drug-likeness (QED) is 0.215. The molecule has 0 saturated heterocycles. The first kappa shape index (κ1) is 13.8. The van der Waals surface area contributed by atoms with Crippen molar-refractivity contribution in [1.82, 2.24) is 0 Å². The van der Waals surface area contributed by atoms with Crippen LogP contribution in [0.25, 0.3) is 0 Å². The lowest BCUT2D eigenvalue weighted by atomic mass is 10.3. The van der Waals surface area contributed by atoms with Gasteiger partial charge >= 0.3 is 0 Å². The van der Waals surface area contributed by atoms with Gasteiger partial charge in [0.05, 0.1) is 36.8 Å². The van der Waals surface area contributed by atoms with Crippen molar-refractivity contribution in [2.24, 2.45) is 9.98 Å². The summed E-state index contributed by atoms with van der Waals surface area (Å²) in [5.41, 5.74) is 0.126. The van der Waals surface area contributed by atoms with Crippen LogP contribution in [0.4, 0.5) is 0 Å². The molecule has 0 aromatic heterocycles. The Bertz CT molecular complexity index is 309. The highest BCUT2D eigenvalue weighted by molar-refractivity contribution is 6.01. The molecule has 0 fully saturated rings. The van der Waals surface area contributed by atoms with Gasteiger partial charge in [0.25, 0.3) is 0 Å². The van der Waals surface area contributed by atoms with E-state index in [1.165, 1.54) is 12.4 Å². The molecule has 0 spiro atoms. The highest BCUT2D eigenvalue weighted by Crippen LogP contribution is 1.84. The van der Waals surface area contributed by atoms with Crippen molar-refractivity contribution in [1.29, 1.82) is 0 Å². The van der Waals surface area contributed by atoms with Crippen LogP contribution in [-0.2, 0) is 9.59 Å². The maximum absolute atomic E-state index is 10.2. The molecule has 2 N–H and O–H groups in total. The smallest absolute Gasteiger partial charge is 0.154 e. The van der Waals surface area contributed by atoms with Gasteiger partial charge in [-0.05, 0) is 0 Å². The molecule has 0 aromatic carbocycles. The average molecular weight is 224 g/mol. The third kappa shape index (κ3) is 6.25. The molecule has 0 heterocycles. The number of aliphatic imine (C=N–C) groups is 2. The summed E-state index contributed by atoms with van der Waals surface area (Å²) in [5.74, 6) is 0. The van der Waals surface area contributed by atoms with E-state index in [0.29, 0.717) is 38.2 Å². The topological polar surface area (TPSA) is 99.3 Å². The average Bonchev–Trinajstić information content (AvgIpc) is 2.33. The fourth-order valence-electron chi connectivity index (χ4n) is 0.644. The highest BCUT2D eigenvalue weighted by atomic mass is 16.2. The number of carbonyl (C=O) groups excluding carboxylic acids is 2. The number of aldehydes is 2. The number of rotatable bonds is 7. The Balaban J connectivity index is 3.92. The Labute approximate surface area is 92.3 Å². The Morgan fingerprint density at radius 2 is 1.25 bits per heavy atom. The second-order valence-electron chi connectivity index (χ2n) is 2.56. The van der Waals surface area contributed by atoms with Gasteiger partial charge in [-0.1, -0.05) is 0 Å². The Kier molecular flexibility index (Phi) is 8.02. The lowest BCUT2D eigenvalue weighted by molar-refractivity contribution is -0.105. The molecule has 6 heteroatoms. The van der Waals surface area contributed by atoms with Crippen molar-refractivity contribution in [3.63, 3.8) is 0 Å². The molecule has 0 aromatic rings. The minimum absolute atomic E-state index is 0.0628. The minimum atomic E-state index is 0.0628.